The van der Waals surface area contributed by atoms with E-state index in [0.29, 0.717) is 19.1 Å². The second-order valence-electron chi connectivity index (χ2n) is 7.31. The highest BCUT2D eigenvalue weighted by atomic mass is 16.5. The zero-order chi connectivity index (χ0) is 20.8. The Morgan fingerprint density at radius 1 is 1.38 bits per heavy atom. The van der Waals surface area contributed by atoms with Gasteiger partial charge in [-0.2, -0.15) is 5.10 Å². The number of hydrogen-bond donors (Lipinski definition) is 2. The second kappa shape index (κ2) is 9.45. The molecule has 1 atom stereocenters. The van der Waals surface area contributed by atoms with Crippen molar-refractivity contribution < 1.29 is 9.53 Å². The van der Waals surface area contributed by atoms with Crippen molar-refractivity contribution in [1.82, 2.24) is 25.3 Å². The largest absolute Gasteiger partial charge is 0.493 e. The molecular formula is C21H30N6O2. The molecule has 0 bridgehead atoms. The minimum absolute atomic E-state index is 0.0116. The molecule has 1 aliphatic heterocycles. The van der Waals surface area contributed by atoms with Crippen LogP contribution in [0.4, 0.5) is 0 Å². The Hall–Kier alpha value is -3.03. The van der Waals surface area contributed by atoms with E-state index >= 15 is 0 Å². The van der Waals surface area contributed by atoms with Crippen LogP contribution in [0.1, 0.15) is 36.2 Å². The average Bonchev–Trinajstić information content (AvgIpc) is 3.09. The Kier molecular flexibility index (Phi) is 6.74. The van der Waals surface area contributed by atoms with Gasteiger partial charge in [-0.05, 0) is 12.5 Å². The first-order valence-corrected chi connectivity index (χ1v) is 9.96. The molecule has 8 heteroatoms. The number of fused-ring (bicyclic) bond motifs is 1. The van der Waals surface area contributed by atoms with Gasteiger partial charge in [-0.3, -0.25) is 9.48 Å². The molecule has 0 saturated heterocycles. The van der Waals surface area contributed by atoms with Crippen molar-refractivity contribution in [2.75, 3.05) is 27.2 Å². The van der Waals surface area contributed by atoms with Crippen molar-refractivity contribution in [3.8, 4) is 5.75 Å². The minimum Gasteiger partial charge on any atom is -0.493 e. The van der Waals surface area contributed by atoms with E-state index in [-0.39, 0.29) is 18.5 Å². The number of para-hydroxylation sites is 1. The normalized spacial score (nSPS) is 16.0. The summed E-state index contributed by atoms with van der Waals surface area (Å²) >= 11 is 0. The van der Waals surface area contributed by atoms with Crippen LogP contribution in [0.3, 0.4) is 0 Å². The molecule has 0 radical (unpaired) electrons. The molecule has 3 rings (SSSR count). The van der Waals surface area contributed by atoms with Crippen LogP contribution in [0.25, 0.3) is 0 Å². The maximum absolute atomic E-state index is 12.1. The van der Waals surface area contributed by atoms with Crippen molar-refractivity contribution in [3.05, 3.63) is 47.3 Å². The van der Waals surface area contributed by atoms with Gasteiger partial charge in [0.2, 0.25) is 5.91 Å². The van der Waals surface area contributed by atoms with E-state index < -0.39 is 0 Å². The summed E-state index contributed by atoms with van der Waals surface area (Å²) in [4.78, 5) is 18.4. The van der Waals surface area contributed by atoms with Crippen LogP contribution in [0, 0.1) is 0 Å². The molecule has 0 saturated carbocycles. The number of guanidine groups is 1. The SMILES string of the molecule is CCc1nn(C)cc1CN=C(NCC(=O)N(C)C)NC1CCOc2ccccc21. The quantitative estimate of drug-likeness (QED) is 0.571. The molecule has 8 nitrogen and oxygen atoms in total. The summed E-state index contributed by atoms with van der Waals surface area (Å²) in [5.74, 6) is 1.48. The smallest absolute Gasteiger partial charge is 0.241 e. The number of aliphatic imine (C=N–C) groups is 1. The standard InChI is InChI=1S/C21H30N6O2/c1-5-17-15(14-27(4)25-17)12-22-21(23-13-20(28)26(2)3)24-18-10-11-29-19-9-7-6-8-16(18)19/h6-9,14,18H,5,10-13H2,1-4H3,(H2,22,23,24). The summed E-state index contributed by atoms with van der Waals surface area (Å²) in [5, 5.41) is 11.1. The van der Waals surface area contributed by atoms with Gasteiger partial charge < -0.3 is 20.3 Å². The van der Waals surface area contributed by atoms with Crippen LogP contribution in [-0.4, -0.2) is 53.8 Å². The van der Waals surface area contributed by atoms with Gasteiger partial charge in [-0.15, -0.1) is 0 Å². The van der Waals surface area contributed by atoms with Crippen molar-refractivity contribution in [2.45, 2.75) is 32.4 Å². The Balaban J connectivity index is 1.78. The van der Waals surface area contributed by atoms with Crippen molar-refractivity contribution in [1.29, 1.82) is 0 Å². The number of likely N-dealkylation sites (N-methyl/N-ethyl adjacent to an activating group) is 1. The Morgan fingerprint density at radius 3 is 2.93 bits per heavy atom. The van der Waals surface area contributed by atoms with Crippen LogP contribution in [0.5, 0.6) is 5.75 Å². The van der Waals surface area contributed by atoms with Gasteiger partial charge in [0.1, 0.15) is 5.75 Å². The summed E-state index contributed by atoms with van der Waals surface area (Å²) < 4.78 is 7.57. The lowest BCUT2D eigenvalue weighted by Gasteiger charge is -2.28. The van der Waals surface area contributed by atoms with E-state index in [1.54, 1.807) is 19.0 Å². The molecule has 1 amide bonds. The summed E-state index contributed by atoms with van der Waals surface area (Å²) in [7, 11) is 5.40. The fourth-order valence-electron chi connectivity index (χ4n) is 3.30. The minimum atomic E-state index is -0.0116. The highest BCUT2D eigenvalue weighted by Crippen LogP contribution is 2.31. The van der Waals surface area contributed by atoms with Crippen LogP contribution < -0.4 is 15.4 Å². The van der Waals surface area contributed by atoms with Crippen LogP contribution >= 0.6 is 0 Å². The maximum atomic E-state index is 12.1. The van der Waals surface area contributed by atoms with E-state index in [2.05, 4.69) is 28.7 Å². The van der Waals surface area contributed by atoms with Gasteiger partial charge in [0.15, 0.2) is 5.96 Å². The first-order chi connectivity index (χ1) is 14.0. The molecular weight excluding hydrogens is 368 g/mol. The van der Waals surface area contributed by atoms with Crippen LogP contribution in [0.2, 0.25) is 0 Å². The van der Waals surface area contributed by atoms with Gasteiger partial charge in [0.05, 0.1) is 31.4 Å². The third-order valence-electron chi connectivity index (χ3n) is 4.91. The summed E-state index contributed by atoms with van der Waals surface area (Å²) in [6, 6.07) is 8.08. The molecule has 1 aliphatic rings. The van der Waals surface area contributed by atoms with Crippen LogP contribution in [0.15, 0.2) is 35.5 Å². The Morgan fingerprint density at radius 2 is 2.17 bits per heavy atom. The predicted molar refractivity (Wildman–Crippen MR) is 113 cm³/mol. The van der Waals surface area contributed by atoms with E-state index in [1.807, 2.05) is 36.1 Å². The summed E-state index contributed by atoms with van der Waals surface area (Å²) in [5.41, 5.74) is 3.22. The topological polar surface area (TPSA) is 83.8 Å². The summed E-state index contributed by atoms with van der Waals surface area (Å²) in [6.07, 6.45) is 3.68. The number of ether oxygens (including phenoxy) is 1. The molecule has 1 unspecified atom stereocenters. The highest BCUT2D eigenvalue weighted by molar-refractivity contribution is 5.86. The van der Waals surface area contributed by atoms with Gasteiger partial charge in [0, 0.05) is 44.9 Å². The zero-order valence-electron chi connectivity index (χ0n) is 17.6. The molecule has 0 aliphatic carbocycles. The first kappa shape index (κ1) is 20.7. The number of amides is 1. The number of aryl methyl sites for hydroxylation is 2. The van der Waals surface area contributed by atoms with E-state index in [1.165, 1.54) is 0 Å². The molecule has 2 N–H and O–H groups in total. The lowest BCUT2D eigenvalue weighted by molar-refractivity contribution is -0.127. The molecule has 29 heavy (non-hydrogen) atoms. The number of carbonyl (C=O) groups excluding carboxylic acids is 1. The predicted octanol–water partition coefficient (Wildman–Crippen LogP) is 1.63. The molecule has 1 aromatic carbocycles. The van der Waals surface area contributed by atoms with Gasteiger partial charge >= 0.3 is 0 Å². The average molecular weight is 399 g/mol. The fraction of sp³-hybridized carbons (Fsp3) is 0.476. The van der Waals surface area contributed by atoms with E-state index in [4.69, 9.17) is 9.73 Å². The molecule has 2 aromatic rings. The Labute approximate surface area is 171 Å². The number of benzene rings is 1. The van der Waals surface area contributed by atoms with Crippen LogP contribution in [-0.2, 0) is 24.8 Å². The third kappa shape index (κ3) is 5.28. The number of rotatable bonds is 6. The van der Waals surface area contributed by atoms with Gasteiger partial charge in [-0.25, -0.2) is 4.99 Å². The monoisotopic (exact) mass is 398 g/mol. The summed E-state index contributed by atoms with van der Waals surface area (Å²) in [6.45, 7) is 3.40. The molecule has 0 spiro atoms. The Bertz CT molecular complexity index is 874. The molecule has 1 aromatic heterocycles. The zero-order valence-corrected chi connectivity index (χ0v) is 17.6. The number of nitrogens with one attached hydrogen (secondary N) is 2. The molecule has 156 valence electrons. The maximum Gasteiger partial charge on any atom is 0.241 e. The number of aromatic nitrogens is 2. The third-order valence-corrected chi connectivity index (χ3v) is 4.91. The fourth-order valence-corrected chi connectivity index (χ4v) is 3.30. The van der Waals surface area contributed by atoms with Gasteiger partial charge in [-0.1, -0.05) is 25.1 Å². The highest BCUT2D eigenvalue weighted by Gasteiger charge is 2.22. The number of nitrogens with zero attached hydrogens (tertiary/aromatic N) is 4. The van der Waals surface area contributed by atoms with E-state index in [9.17, 15) is 4.79 Å². The molecule has 2 heterocycles. The van der Waals surface area contributed by atoms with Crippen molar-refractivity contribution in [3.63, 3.8) is 0 Å². The number of carbonyl (C=O) groups is 1. The second-order valence-corrected chi connectivity index (χ2v) is 7.31. The number of hydrogen-bond acceptors (Lipinski definition) is 4. The van der Waals surface area contributed by atoms with Gasteiger partial charge in [0.25, 0.3) is 0 Å². The first-order valence-electron chi connectivity index (χ1n) is 9.96. The molecule has 0 fully saturated rings. The van der Waals surface area contributed by atoms with E-state index in [0.717, 1.165) is 35.4 Å². The lowest BCUT2D eigenvalue weighted by Crippen LogP contribution is -2.45. The van der Waals surface area contributed by atoms with Crippen molar-refractivity contribution in [2.24, 2.45) is 12.0 Å². The van der Waals surface area contributed by atoms with Crippen molar-refractivity contribution >= 4 is 11.9 Å². The lowest BCUT2D eigenvalue weighted by atomic mass is 10.0.